The van der Waals surface area contributed by atoms with Crippen molar-refractivity contribution in [3.05, 3.63) is 11.9 Å². The van der Waals surface area contributed by atoms with E-state index in [1.54, 1.807) is 7.11 Å². The molecule has 0 spiro atoms. The smallest absolute Gasteiger partial charge is 0.205 e. The lowest BCUT2D eigenvalue weighted by Crippen LogP contribution is -2.50. The van der Waals surface area contributed by atoms with Gasteiger partial charge in [0.1, 0.15) is 0 Å². The molecule has 0 radical (unpaired) electrons. The van der Waals surface area contributed by atoms with Crippen LogP contribution in [-0.2, 0) is 17.7 Å². The second-order valence-electron chi connectivity index (χ2n) is 5.23. The third-order valence-electron chi connectivity index (χ3n) is 3.57. The Morgan fingerprint density at radius 3 is 3.05 bits per heavy atom. The van der Waals surface area contributed by atoms with Gasteiger partial charge >= 0.3 is 0 Å². The molecule has 1 N–H and O–H groups in total. The number of aromatic nitrogens is 2. The minimum absolute atomic E-state index is 0.531. The molecule has 1 atom stereocenters. The third kappa shape index (κ3) is 3.70. The molecule has 1 saturated heterocycles. The van der Waals surface area contributed by atoms with Crippen molar-refractivity contribution in [2.24, 2.45) is 0 Å². The number of hydrogen-bond acceptors (Lipinski definition) is 4. The van der Waals surface area contributed by atoms with Crippen molar-refractivity contribution >= 4 is 5.95 Å². The van der Waals surface area contributed by atoms with E-state index in [4.69, 9.17) is 9.72 Å². The van der Waals surface area contributed by atoms with Crippen molar-refractivity contribution in [3.8, 4) is 0 Å². The van der Waals surface area contributed by atoms with Gasteiger partial charge in [-0.3, -0.25) is 0 Å². The van der Waals surface area contributed by atoms with Gasteiger partial charge in [0, 0.05) is 52.1 Å². The first-order valence-electron chi connectivity index (χ1n) is 7.28. The minimum atomic E-state index is 0.531. The van der Waals surface area contributed by atoms with Gasteiger partial charge in [0.05, 0.1) is 5.69 Å². The SMILES string of the molecule is CCc1cn(CCCOC)c(N2CCN[C@H](C)C2)n1. The molecule has 0 amide bonds. The van der Waals surface area contributed by atoms with E-state index in [1.165, 1.54) is 5.69 Å². The van der Waals surface area contributed by atoms with Gasteiger partial charge in [-0.1, -0.05) is 6.92 Å². The minimum Gasteiger partial charge on any atom is -0.385 e. The van der Waals surface area contributed by atoms with E-state index >= 15 is 0 Å². The Bertz CT molecular complexity index is 391. The van der Waals surface area contributed by atoms with Gasteiger partial charge in [-0.15, -0.1) is 0 Å². The van der Waals surface area contributed by atoms with E-state index < -0.39 is 0 Å². The van der Waals surface area contributed by atoms with Gasteiger partial charge in [0.25, 0.3) is 0 Å². The summed E-state index contributed by atoms with van der Waals surface area (Å²) in [6.07, 6.45) is 4.22. The van der Waals surface area contributed by atoms with Gasteiger partial charge in [-0.05, 0) is 19.8 Å². The Morgan fingerprint density at radius 2 is 2.37 bits per heavy atom. The van der Waals surface area contributed by atoms with Crippen LogP contribution in [0.15, 0.2) is 6.20 Å². The van der Waals surface area contributed by atoms with Crippen LogP contribution in [0.2, 0.25) is 0 Å². The van der Waals surface area contributed by atoms with Crippen LogP contribution in [0, 0.1) is 0 Å². The van der Waals surface area contributed by atoms with Crippen LogP contribution < -0.4 is 10.2 Å². The molecule has 5 nitrogen and oxygen atoms in total. The van der Waals surface area contributed by atoms with Crippen LogP contribution in [0.3, 0.4) is 0 Å². The van der Waals surface area contributed by atoms with Crippen molar-refractivity contribution in [1.29, 1.82) is 0 Å². The predicted molar refractivity (Wildman–Crippen MR) is 77.8 cm³/mol. The Labute approximate surface area is 116 Å². The zero-order valence-electron chi connectivity index (χ0n) is 12.4. The van der Waals surface area contributed by atoms with Gasteiger partial charge in [0.15, 0.2) is 0 Å². The molecular weight excluding hydrogens is 240 g/mol. The quantitative estimate of drug-likeness (QED) is 0.788. The number of rotatable bonds is 6. The highest BCUT2D eigenvalue weighted by Crippen LogP contribution is 2.17. The monoisotopic (exact) mass is 266 g/mol. The third-order valence-corrected chi connectivity index (χ3v) is 3.57. The van der Waals surface area contributed by atoms with E-state index in [1.807, 2.05) is 0 Å². The lowest BCUT2D eigenvalue weighted by Gasteiger charge is -2.33. The molecule has 5 heteroatoms. The van der Waals surface area contributed by atoms with E-state index in [9.17, 15) is 0 Å². The number of nitrogens with zero attached hydrogens (tertiary/aromatic N) is 3. The van der Waals surface area contributed by atoms with E-state index in [0.717, 1.165) is 51.6 Å². The summed E-state index contributed by atoms with van der Waals surface area (Å²) >= 11 is 0. The zero-order valence-corrected chi connectivity index (χ0v) is 12.4. The number of ether oxygens (including phenoxy) is 1. The number of anilines is 1. The fraction of sp³-hybridized carbons (Fsp3) is 0.786. The molecule has 1 aliphatic heterocycles. The van der Waals surface area contributed by atoms with Crippen molar-refractivity contribution in [3.63, 3.8) is 0 Å². The summed E-state index contributed by atoms with van der Waals surface area (Å²) in [7, 11) is 1.75. The Kier molecular flexibility index (Phi) is 5.22. The van der Waals surface area contributed by atoms with Crippen LogP contribution in [0.5, 0.6) is 0 Å². The predicted octanol–water partition coefficient (Wildman–Crippen LogP) is 1.28. The van der Waals surface area contributed by atoms with E-state index in [-0.39, 0.29) is 0 Å². The second-order valence-corrected chi connectivity index (χ2v) is 5.23. The van der Waals surface area contributed by atoms with Gasteiger partial charge in [-0.2, -0.15) is 0 Å². The molecular formula is C14H26N4O. The summed E-state index contributed by atoms with van der Waals surface area (Å²) in [4.78, 5) is 7.18. The number of imidazole rings is 1. The maximum absolute atomic E-state index is 5.14. The molecule has 0 aliphatic carbocycles. The summed E-state index contributed by atoms with van der Waals surface area (Å²) in [6.45, 7) is 9.27. The lowest BCUT2D eigenvalue weighted by atomic mass is 10.2. The molecule has 2 heterocycles. The van der Waals surface area contributed by atoms with Crippen molar-refractivity contribution in [1.82, 2.24) is 14.9 Å². The number of hydrogen-bond donors (Lipinski definition) is 1. The Balaban J connectivity index is 2.10. The highest BCUT2D eigenvalue weighted by molar-refractivity contribution is 5.35. The molecule has 0 aromatic carbocycles. The summed E-state index contributed by atoms with van der Waals surface area (Å²) < 4.78 is 7.43. The standard InChI is InChI=1S/C14H26N4O/c1-4-13-11-17(7-5-9-19-3)14(16-13)18-8-6-15-12(2)10-18/h11-12,15H,4-10H2,1-3H3/t12-/m1/s1. The zero-order chi connectivity index (χ0) is 13.7. The maximum atomic E-state index is 5.14. The molecule has 1 aromatic rings. The average Bonchev–Trinajstić information content (AvgIpc) is 2.82. The topological polar surface area (TPSA) is 42.3 Å². The van der Waals surface area contributed by atoms with Crippen LogP contribution in [0.4, 0.5) is 5.95 Å². The largest absolute Gasteiger partial charge is 0.385 e. The lowest BCUT2D eigenvalue weighted by molar-refractivity contribution is 0.190. The van der Waals surface area contributed by atoms with Crippen LogP contribution >= 0.6 is 0 Å². The highest BCUT2D eigenvalue weighted by atomic mass is 16.5. The van der Waals surface area contributed by atoms with Crippen molar-refractivity contribution in [2.75, 3.05) is 38.3 Å². The number of piperazine rings is 1. The molecule has 1 fully saturated rings. The summed E-state index contributed by atoms with van der Waals surface area (Å²) in [5, 5.41) is 3.48. The first kappa shape index (κ1) is 14.3. The molecule has 0 unspecified atom stereocenters. The van der Waals surface area contributed by atoms with Gasteiger partial charge in [0.2, 0.25) is 5.95 Å². The normalized spacial score (nSPS) is 19.9. The fourth-order valence-electron chi connectivity index (χ4n) is 2.54. The molecule has 0 saturated carbocycles. The van der Waals surface area contributed by atoms with E-state index in [0.29, 0.717) is 6.04 Å². The summed E-state index contributed by atoms with van der Waals surface area (Å²) in [5.74, 6) is 1.13. The number of aryl methyl sites for hydroxylation is 2. The van der Waals surface area contributed by atoms with Crippen molar-refractivity contribution < 1.29 is 4.74 Å². The Hall–Kier alpha value is -1.07. The average molecular weight is 266 g/mol. The second kappa shape index (κ2) is 6.91. The first-order valence-corrected chi connectivity index (χ1v) is 7.28. The van der Waals surface area contributed by atoms with Crippen LogP contribution in [0.25, 0.3) is 0 Å². The van der Waals surface area contributed by atoms with E-state index in [2.05, 4.69) is 34.8 Å². The van der Waals surface area contributed by atoms with Crippen LogP contribution in [0.1, 0.15) is 26.0 Å². The molecule has 108 valence electrons. The summed E-state index contributed by atoms with van der Waals surface area (Å²) in [5.41, 5.74) is 1.18. The maximum Gasteiger partial charge on any atom is 0.205 e. The number of nitrogens with one attached hydrogen (secondary N) is 1. The molecule has 1 aromatic heterocycles. The van der Waals surface area contributed by atoms with Crippen molar-refractivity contribution in [2.45, 2.75) is 39.3 Å². The molecule has 0 bridgehead atoms. The summed E-state index contributed by atoms with van der Waals surface area (Å²) in [6, 6.07) is 0.531. The molecule has 19 heavy (non-hydrogen) atoms. The molecule has 2 rings (SSSR count). The molecule has 1 aliphatic rings. The van der Waals surface area contributed by atoms with Gasteiger partial charge < -0.3 is 19.5 Å². The van der Waals surface area contributed by atoms with Gasteiger partial charge in [-0.25, -0.2) is 4.98 Å². The number of methoxy groups -OCH3 is 1. The highest BCUT2D eigenvalue weighted by Gasteiger charge is 2.20. The Morgan fingerprint density at radius 1 is 1.53 bits per heavy atom. The van der Waals surface area contributed by atoms with Crippen LogP contribution in [-0.4, -0.2) is 48.9 Å². The fourth-order valence-corrected chi connectivity index (χ4v) is 2.54. The first-order chi connectivity index (χ1) is 9.24.